The maximum absolute atomic E-state index is 12.4. The average Bonchev–Trinajstić information content (AvgIpc) is 2.45. The third kappa shape index (κ3) is 3.52. The van der Waals surface area contributed by atoms with Crippen molar-refractivity contribution in [3.8, 4) is 0 Å². The molecule has 3 nitrogen and oxygen atoms in total. The van der Waals surface area contributed by atoms with E-state index in [1.165, 1.54) is 5.56 Å². The molecular formula is C17H20N2O. The maximum Gasteiger partial charge on any atom is 0.179 e. The van der Waals surface area contributed by atoms with Gasteiger partial charge in [-0.05, 0) is 38.5 Å². The van der Waals surface area contributed by atoms with E-state index in [0.717, 1.165) is 16.8 Å². The standard InChI is InChI=1S/C17H20N2O/c1-12-7-8-16(13(2)10-12)17(20)14(3)19-11-15-6-4-5-9-18-15/h4-10,14,19H,11H2,1-3H3. The van der Waals surface area contributed by atoms with Gasteiger partial charge in [-0.3, -0.25) is 9.78 Å². The van der Waals surface area contributed by atoms with Crippen molar-refractivity contribution >= 4 is 5.78 Å². The van der Waals surface area contributed by atoms with Crippen molar-refractivity contribution in [1.82, 2.24) is 10.3 Å². The van der Waals surface area contributed by atoms with E-state index in [1.54, 1.807) is 6.20 Å². The number of hydrogen-bond acceptors (Lipinski definition) is 3. The minimum Gasteiger partial charge on any atom is -0.302 e. The van der Waals surface area contributed by atoms with Crippen LogP contribution in [0.15, 0.2) is 42.6 Å². The molecule has 3 heteroatoms. The van der Waals surface area contributed by atoms with Crippen LogP contribution in [0.3, 0.4) is 0 Å². The van der Waals surface area contributed by atoms with Gasteiger partial charge in [0.15, 0.2) is 5.78 Å². The zero-order valence-corrected chi connectivity index (χ0v) is 12.2. The zero-order chi connectivity index (χ0) is 14.5. The molecule has 0 aliphatic heterocycles. The first-order valence-electron chi connectivity index (χ1n) is 6.82. The van der Waals surface area contributed by atoms with E-state index in [1.807, 2.05) is 57.2 Å². The fourth-order valence-corrected chi connectivity index (χ4v) is 2.18. The Morgan fingerprint density at radius 2 is 2.05 bits per heavy atom. The fourth-order valence-electron chi connectivity index (χ4n) is 2.18. The van der Waals surface area contributed by atoms with E-state index in [0.29, 0.717) is 6.54 Å². The number of rotatable bonds is 5. The number of aromatic nitrogens is 1. The van der Waals surface area contributed by atoms with Gasteiger partial charge >= 0.3 is 0 Å². The lowest BCUT2D eigenvalue weighted by molar-refractivity contribution is 0.0949. The Labute approximate surface area is 120 Å². The summed E-state index contributed by atoms with van der Waals surface area (Å²) in [6, 6.07) is 11.5. The normalized spacial score (nSPS) is 12.2. The summed E-state index contributed by atoms with van der Waals surface area (Å²) in [5.41, 5.74) is 3.93. The number of Topliss-reactive ketones (excluding diaryl/α,β-unsaturated/α-hetero) is 1. The second-order valence-electron chi connectivity index (χ2n) is 5.11. The summed E-state index contributed by atoms with van der Waals surface area (Å²) in [4.78, 5) is 16.7. The highest BCUT2D eigenvalue weighted by Crippen LogP contribution is 2.13. The van der Waals surface area contributed by atoms with Gasteiger partial charge in [-0.1, -0.05) is 29.8 Å². The predicted octanol–water partition coefficient (Wildman–Crippen LogP) is 3.06. The molecule has 1 aromatic carbocycles. The second-order valence-corrected chi connectivity index (χ2v) is 5.11. The van der Waals surface area contributed by atoms with Crippen molar-refractivity contribution in [2.45, 2.75) is 33.4 Å². The number of ketones is 1. The van der Waals surface area contributed by atoms with Gasteiger partial charge in [-0.25, -0.2) is 0 Å². The van der Waals surface area contributed by atoms with Gasteiger partial charge in [0.25, 0.3) is 0 Å². The molecule has 104 valence electrons. The fraction of sp³-hybridized carbons (Fsp3) is 0.294. The molecule has 0 spiro atoms. The molecule has 1 aromatic heterocycles. The molecule has 0 aliphatic carbocycles. The van der Waals surface area contributed by atoms with Gasteiger partial charge in [-0.15, -0.1) is 0 Å². The molecule has 1 atom stereocenters. The van der Waals surface area contributed by atoms with Crippen LogP contribution >= 0.6 is 0 Å². The number of hydrogen-bond donors (Lipinski definition) is 1. The van der Waals surface area contributed by atoms with Crippen LogP contribution in [0.1, 0.15) is 34.1 Å². The number of aryl methyl sites for hydroxylation is 2. The minimum absolute atomic E-state index is 0.124. The lowest BCUT2D eigenvalue weighted by Crippen LogP contribution is -2.34. The van der Waals surface area contributed by atoms with Crippen molar-refractivity contribution in [3.63, 3.8) is 0 Å². The van der Waals surface area contributed by atoms with E-state index in [9.17, 15) is 4.79 Å². The van der Waals surface area contributed by atoms with Crippen molar-refractivity contribution in [2.75, 3.05) is 0 Å². The number of carbonyl (C=O) groups excluding carboxylic acids is 1. The number of nitrogens with zero attached hydrogens (tertiary/aromatic N) is 1. The first-order chi connectivity index (χ1) is 9.58. The Kier molecular flexibility index (Phi) is 4.64. The Bertz CT molecular complexity index is 593. The molecule has 1 heterocycles. The molecule has 0 fully saturated rings. The van der Waals surface area contributed by atoms with E-state index < -0.39 is 0 Å². The van der Waals surface area contributed by atoms with Gasteiger partial charge in [0.2, 0.25) is 0 Å². The van der Waals surface area contributed by atoms with Gasteiger partial charge in [0, 0.05) is 18.3 Å². The van der Waals surface area contributed by atoms with Crippen molar-refractivity contribution in [2.24, 2.45) is 0 Å². The van der Waals surface area contributed by atoms with Gasteiger partial charge in [0.05, 0.1) is 11.7 Å². The maximum atomic E-state index is 12.4. The number of carbonyl (C=O) groups is 1. The first kappa shape index (κ1) is 14.4. The second kappa shape index (κ2) is 6.44. The number of benzene rings is 1. The smallest absolute Gasteiger partial charge is 0.179 e. The molecule has 0 bridgehead atoms. The van der Waals surface area contributed by atoms with Crippen LogP contribution in [0, 0.1) is 13.8 Å². The van der Waals surface area contributed by atoms with Crippen molar-refractivity contribution < 1.29 is 4.79 Å². The molecule has 0 saturated heterocycles. The van der Waals surface area contributed by atoms with Crippen molar-refractivity contribution in [1.29, 1.82) is 0 Å². The molecular weight excluding hydrogens is 248 g/mol. The summed E-state index contributed by atoms with van der Waals surface area (Å²) in [6.45, 7) is 6.50. The molecule has 1 N–H and O–H groups in total. The summed E-state index contributed by atoms with van der Waals surface area (Å²) in [5.74, 6) is 0.124. The highest BCUT2D eigenvalue weighted by atomic mass is 16.1. The van der Waals surface area contributed by atoms with Gasteiger partial charge in [-0.2, -0.15) is 0 Å². The monoisotopic (exact) mass is 268 g/mol. The van der Waals surface area contributed by atoms with Crippen LogP contribution in [0.25, 0.3) is 0 Å². The van der Waals surface area contributed by atoms with Crippen LogP contribution in [0.2, 0.25) is 0 Å². The van der Waals surface area contributed by atoms with Crippen molar-refractivity contribution in [3.05, 3.63) is 65.0 Å². The van der Waals surface area contributed by atoms with Gasteiger partial charge < -0.3 is 5.32 Å². The van der Waals surface area contributed by atoms with E-state index in [4.69, 9.17) is 0 Å². The highest BCUT2D eigenvalue weighted by Gasteiger charge is 2.16. The first-order valence-corrected chi connectivity index (χ1v) is 6.82. The quantitative estimate of drug-likeness (QED) is 0.847. The largest absolute Gasteiger partial charge is 0.302 e. The molecule has 0 amide bonds. The summed E-state index contributed by atoms with van der Waals surface area (Å²) in [7, 11) is 0. The summed E-state index contributed by atoms with van der Waals surface area (Å²) in [5, 5.41) is 3.23. The summed E-state index contributed by atoms with van der Waals surface area (Å²) < 4.78 is 0. The van der Waals surface area contributed by atoms with E-state index in [-0.39, 0.29) is 11.8 Å². The molecule has 1 unspecified atom stereocenters. The Morgan fingerprint density at radius 3 is 2.70 bits per heavy atom. The van der Waals surface area contributed by atoms with Crippen LogP contribution in [0.5, 0.6) is 0 Å². The highest BCUT2D eigenvalue weighted by molar-refractivity contribution is 6.01. The van der Waals surface area contributed by atoms with Crippen LogP contribution < -0.4 is 5.32 Å². The SMILES string of the molecule is Cc1ccc(C(=O)C(C)NCc2ccccn2)c(C)c1. The lowest BCUT2D eigenvalue weighted by Gasteiger charge is -2.14. The lowest BCUT2D eigenvalue weighted by atomic mass is 9.98. The molecule has 20 heavy (non-hydrogen) atoms. The number of nitrogens with one attached hydrogen (secondary N) is 1. The molecule has 0 aliphatic rings. The summed E-state index contributed by atoms with van der Waals surface area (Å²) in [6.07, 6.45) is 1.76. The molecule has 0 radical (unpaired) electrons. The topological polar surface area (TPSA) is 42.0 Å². The molecule has 0 saturated carbocycles. The summed E-state index contributed by atoms with van der Waals surface area (Å²) >= 11 is 0. The Morgan fingerprint density at radius 1 is 1.25 bits per heavy atom. The average molecular weight is 268 g/mol. The van der Waals surface area contributed by atoms with Gasteiger partial charge in [0.1, 0.15) is 0 Å². The molecule has 2 aromatic rings. The zero-order valence-electron chi connectivity index (χ0n) is 12.2. The number of pyridine rings is 1. The third-order valence-corrected chi connectivity index (χ3v) is 3.36. The third-order valence-electron chi connectivity index (χ3n) is 3.36. The minimum atomic E-state index is -0.224. The van der Waals surface area contributed by atoms with E-state index >= 15 is 0 Å². The van der Waals surface area contributed by atoms with Crippen LogP contribution in [0.4, 0.5) is 0 Å². The van der Waals surface area contributed by atoms with E-state index in [2.05, 4.69) is 10.3 Å². The Hall–Kier alpha value is -2.00. The van der Waals surface area contributed by atoms with Crippen LogP contribution in [-0.4, -0.2) is 16.8 Å². The Balaban J connectivity index is 2.01. The molecule has 2 rings (SSSR count). The predicted molar refractivity (Wildman–Crippen MR) is 80.8 cm³/mol. The van der Waals surface area contributed by atoms with Crippen LogP contribution in [-0.2, 0) is 6.54 Å².